The van der Waals surface area contributed by atoms with E-state index in [1.54, 1.807) is 0 Å². The number of carbonyl (C=O) groups excluding carboxylic acids is 1. The molecule has 0 saturated carbocycles. The summed E-state index contributed by atoms with van der Waals surface area (Å²) in [5.41, 5.74) is 7.83. The second kappa shape index (κ2) is 6.41. The summed E-state index contributed by atoms with van der Waals surface area (Å²) in [5.74, 6) is 0.142. The summed E-state index contributed by atoms with van der Waals surface area (Å²) in [6, 6.07) is 5.81. The molecule has 1 aromatic carbocycles. The zero-order chi connectivity index (χ0) is 12.4. The van der Waals surface area contributed by atoms with Crippen molar-refractivity contribution < 1.29 is 4.79 Å². The highest BCUT2D eigenvalue weighted by Gasteiger charge is 2.24. The summed E-state index contributed by atoms with van der Waals surface area (Å²) in [6.45, 7) is 2.68. The average Bonchev–Trinajstić information content (AvgIpc) is 2.68. The van der Waals surface area contributed by atoms with Crippen LogP contribution in [0.2, 0.25) is 5.02 Å². The normalized spacial score (nSPS) is 14.9. The van der Waals surface area contributed by atoms with E-state index in [-0.39, 0.29) is 24.4 Å². The van der Waals surface area contributed by atoms with Crippen LogP contribution in [0.5, 0.6) is 0 Å². The van der Waals surface area contributed by atoms with Gasteiger partial charge in [-0.25, -0.2) is 0 Å². The van der Waals surface area contributed by atoms with Crippen molar-refractivity contribution in [3.63, 3.8) is 0 Å². The number of amides is 1. The maximum atomic E-state index is 12.1. The predicted molar refractivity (Wildman–Crippen MR) is 77.6 cm³/mol. The van der Waals surface area contributed by atoms with Gasteiger partial charge in [-0.15, -0.1) is 12.4 Å². The third-order valence-electron chi connectivity index (χ3n) is 3.06. The van der Waals surface area contributed by atoms with Crippen LogP contribution in [0, 0.1) is 0 Å². The predicted octanol–water partition coefficient (Wildman–Crippen LogP) is 2.78. The van der Waals surface area contributed by atoms with Gasteiger partial charge in [0.15, 0.2) is 0 Å². The number of carbonyl (C=O) groups is 1. The number of anilines is 1. The highest BCUT2D eigenvalue weighted by molar-refractivity contribution is 6.31. The topological polar surface area (TPSA) is 46.3 Å². The van der Waals surface area contributed by atoms with Gasteiger partial charge in [-0.2, -0.15) is 0 Å². The van der Waals surface area contributed by atoms with Gasteiger partial charge < -0.3 is 10.6 Å². The molecule has 1 aromatic rings. The molecule has 0 radical (unpaired) electrons. The molecule has 0 fully saturated rings. The van der Waals surface area contributed by atoms with Crippen LogP contribution in [0.25, 0.3) is 0 Å². The lowest BCUT2D eigenvalue weighted by Gasteiger charge is -2.18. The summed E-state index contributed by atoms with van der Waals surface area (Å²) in [4.78, 5) is 13.9. The fourth-order valence-electron chi connectivity index (χ4n) is 2.10. The molecule has 1 heterocycles. The molecule has 18 heavy (non-hydrogen) atoms. The molecular weight excluding hydrogens is 271 g/mol. The lowest BCUT2D eigenvalue weighted by Crippen LogP contribution is -2.30. The molecule has 0 bridgehead atoms. The van der Waals surface area contributed by atoms with E-state index in [1.165, 1.54) is 5.56 Å². The van der Waals surface area contributed by atoms with E-state index < -0.39 is 0 Å². The molecule has 100 valence electrons. The average molecular weight is 289 g/mol. The minimum Gasteiger partial charge on any atom is -0.328 e. The Hall–Kier alpha value is -0.770. The second-order valence-electron chi connectivity index (χ2n) is 4.58. The van der Waals surface area contributed by atoms with Crippen molar-refractivity contribution in [3.05, 3.63) is 28.8 Å². The van der Waals surface area contributed by atoms with Gasteiger partial charge >= 0.3 is 0 Å². The zero-order valence-electron chi connectivity index (χ0n) is 10.4. The van der Waals surface area contributed by atoms with Gasteiger partial charge in [-0.3, -0.25) is 4.79 Å². The molecule has 0 spiro atoms. The van der Waals surface area contributed by atoms with Gasteiger partial charge in [0.2, 0.25) is 5.91 Å². The van der Waals surface area contributed by atoms with Crippen LogP contribution >= 0.6 is 24.0 Å². The Morgan fingerprint density at radius 2 is 2.28 bits per heavy atom. The third-order valence-corrected chi connectivity index (χ3v) is 3.29. The van der Waals surface area contributed by atoms with E-state index in [1.807, 2.05) is 30.0 Å². The maximum Gasteiger partial charge on any atom is 0.227 e. The number of hydrogen-bond acceptors (Lipinski definition) is 2. The molecular formula is C13H18Cl2N2O. The summed E-state index contributed by atoms with van der Waals surface area (Å²) < 4.78 is 0. The van der Waals surface area contributed by atoms with E-state index >= 15 is 0 Å². The van der Waals surface area contributed by atoms with Crippen molar-refractivity contribution in [2.45, 2.75) is 32.2 Å². The molecule has 1 amide bonds. The molecule has 1 aliphatic heterocycles. The van der Waals surface area contributed by atoms with Gasteiger partial charge in [0, 0.05) is 29.7 Å². The van der Waals surface area contributed by atoms with Crippen LogP contribution in [-0.2, 0) is 11.2 Å². The smallest absolute Gasteiger partial charge is 0.227 e. The number of fused-ring (bicyclic) bond motifs is 1. The lowest BCUT2D eigenvalue weighted by molar-refractivity contribution is -0.118. The monoisotopic (exact) mass is 288 g/mol. The number of nitrogens with zero attached hydrogens (tertiary/aromatic N) is 1. The molecule has 1 aliphatic rings. The number of halogens is 2. The number of rotatable bonds is 3. The van der Waals surface area contributed by atoms with Crippen LogP contribution < -0.4 is 10.6 Å². The molecule has 0 saturated heterocycles. The van der Waals surface area contributed by atoms with Crippen LogP contribution in [0.1, 0.15) is 25.3 Å². The molecule has 3 nitrogen and oxygen atoms in total. The van der Waals surface area contributed by atoms with E-state index in [0.717, 1.165) is 25.1 Å². The molecule has 1 unspecified atom stereocenters. The quantitative estimate of drug-likeness (QED) is 0.930. The van der Waals surface area contributed by atoms with E-state index in [0.29, 0.717) is 11.4 Å². The summed E-state index contributed by atoms with van der Waals surface area (Å²) in [7, 11) is 0. The zero-order valence-corrected chi connectivity index (χ0v) is 11.9. The van der Waals surface area contributed by atoms with Crippen molar-refractivity contribution in [1.82, 2.24) is 0 Å². The minimum absolute atomic E-state index is 0. The van der Waals surface area contributed by atoms with Crippen LogP contribution in [0.4, 0.5) is 5.69 Å². The first-order chi connectivity index (χ1) is 8.08. The lowest BCUT2D eigenvalue weighted by atomic mass is 10.1. The molecule has 0 aliphatic carbocycles. The third kappa shape index (κ3) is 3.37. The highest BCUT2D eigenvalue weighted by atomic mass is 35.5. The Labute approximate surface area is 119 Å². The van der Waals surface area contributed by atoms with E-state index in [2.05, 4.69) is 0 Å². The van der Waals surface area contributed by atoms with Gasteiger partial charge in [0.25, 0.3) is 0 Å². The summed E-state index contributed by atoms with van der Waals surface area (Å²) in [5, 5.41) is 0.677. The molecule has 5 heteroatoms. The summed E-state index contributed by atoms with van der Waals surface area (Å²) in [6.07, 6.45) is 2.14. The Bertz CT molecular complexity index is 435. The van der Waals surface area contributed by atoms with Crippen molar-refractivity contribution in [3.8, 4) is 0 Å². The molecule has 2 N–H and O–H groups in total. The second-order valence-corrected chi connectivity index (χ2v) is 5.02. The maximum absolute atomic E-state index is 12.1. The fourth-order valence-corrected chi connectivity index (χ4v) is 2.26. The van der Waals surface area contributed by atoms with E-state index in [9.17, 15) is 4.79 Å². The van der Waals surface area contributed by atoms with Crippen LogP contribution in [-0.4, -0.2) is 18.5 Å². The number of benzene rings is 1. The Morgan fingerprint density at radius 3 is 2.94 bits per heavy atom. The summed E-state index contributed by atoms with van der Waals surface area (Å²) >= 11 is 5.96. The first-order valence-corrected chi connectivity index (χ1v) is 6.30. The van der Waals surface area contributed by atoms with Crippen molar-refractivity contribution >= 4 is 35.6 Å². The minimum atomic E-state index is 0. The molecule has 1 atom stereocenters. The number of hydrogen-bond donors (Lipinski definition) is 1. The fraction of sp³-hybridized carbons (Fsp3) is 0.462. The Morgan fingerprint density at radius 1 is 1.56 bits per heavy atom. The number of nitrogens with two attached hydrogens (primary N) is 1. The van der Waals surface area contributed by atoms with Crippen molar-refractivity contribution in [2.75, 3.05) is 11.4 Å². The first kappa shape index (κ1) is 15.3. The first-order valence-electron chi connectivity index (χ1n) is 5.92. The van der Waals surface area contributed by atoms with E-state index in [4.69, 9.17) is 17.3 Å². The van der Waals surface area contributed by atoms with Crippen LogP contribution in [0.15, 0.2) is 18.2 Å². The van der Waals surface area contributed by atoms with Gasteiger partial charge in [0.05, 0.1) is 0 Å². The van der Waals surface area contributed by atoms with Gasteiger partial charge in [-0.05, 0) is 37.5 Å². The molecule has 2 rings (SSSR count). The Balaban J connectivity index is 0.00000162. The van der Waals surface area contributed by atoms with Gasteiger partial charge in [0.1, 0.15) is 0 Å². The standard InChI is InChI=1S/C13H17ClN2O.ClH/c1-9(15)2-5-13(17)16-7-6-10-3-4-11(14)8-12(10)16;/h3-4,8-9H,2,5-7,15H2,1H3;1H. The largest absolute Gasteiger partial charge is 0.328 e. The SMILES string of the molecule is CC(N)CCC(=O)N1CCc2ccc(Cl)cc21.Cl. The Kier molecular flexibility index (Phi) is 5.45. The highest BCUT2D eigenvalue weighted by Crippen LogP contribution is 2.31. The van der Waals surface area contributed by atoms with Crippen molar-refractivity contribution in [2.24, 2.45) is 5.73 Å². The van der Waals surface area contributed by atoms with Crippen molar-refractivity contribution in [1.29, 1.82) is 0 Å². The molecule has 0 aromatic heterocycles. The van der Waals surface area contributed by atoms with Gasteiger partial charge in [-0.1, -0.05) is 17.7 Å². The van der Waals surface area contributed by atoms with Crippen LogP contribution in [0.3, 0.4) is 0 Å².